The minimum absolute atomic E-state index is 0.0135. The fourth-order valence-corrected chi connectivity index (χ4v) is 1.79. The second-order valence-electron chi connectivity index (χ2n) is 7.14. The van der Waals surface area contributed by atoms with Crippen LogP contribution in [0.1, 0.15) is 52.2 Å². The van der Waals surface area contributed by atoms with E-state index in [1.165, 1.54) is 12.1 Å². The molecule has 2 N–H and O–H groups in total. The molecular formula is C17H26F2N2O2. The topological polar surface area (TPSA) is 50.4 Å². The van der Waals surface area contributed by atoms with Gasteiger partial charge >= 0.3 is 6.09 Å². The molecule has 1 rings (SSSR count). The zero-order valence-corrected chi connectivity index (χ0v) is 14.4. The van der Waals surface area contributed by atoms with Gasteiger partial charge in [0.1, 0.15) is 5.60 Å². The van der Waals surface area contributed by atoms with Gasteiger partial charge in [-0.2, -0.15) is 0 Å². The van der Waals surface area contributed by atoms with Crippen molar-refractivity contribution in [3.63, 3.8) is 0 Å². The van der Waals surface area contributed by atoms with Crippen LogP contribution in [0.4, 0.5) is 13.6 Å². The molecule has 1 amide bonds. The van der Waals surface area contributed by atoms with E-state index in [0.29, 0.717) is 13.1 Å². The second-order valence-corrected chi connectivity index (χ2v) is 7.14. The van der Waals surface area contributed by atoms with Crippen LogP contribution in [-0.4, -0.2) is 23.8 Å². The van der Waals surface area contributed by atoms with E-state index < -0.39 is 18.1 Å². The number of hydrogen-bond donors (Lipinski definition) is 2. The van der Waals surface area contributed by atoms with Crippen molar-refractivity contribution in [1.29, 1.82) is 0 Å². The smallest absolute Gasteiger partial charge is 0.407 e. The lowest BCUT2D eigenvalue weighted by molar-refractivity contribution is 0.0513. The lowest BCUT2D eigenvalue weighted by Crippen LogP contribution is -2.49. The van der Waals surface area contributed by atoms with Crippen LogP contribution in [0.25, 0.3) is 0 Å². The summed E-state index contributed by atoms with van der Waals surface area (Å²) in [6.45, 7) is 10.2. The van der Waals surface area contributed by atoms with Crippen molar-refractivity contribution in [2.75, 3.05) is 6.54 Å². The number of alkyl carbamates (subject to hydrolysis) is 1. The molecule has 4 nitrogen and oxygen atoms in total. The summed E-state index contributed by atoms with van der Waals surface area (Å²) < 4.78 is 30.2. The molecule has 0 bridgehead atoms. The summed E-state index contributed by atoms with van der Waals surface area (Å²) in [5, 5.41) is 6.00. The number of ether oxygens (including phenoxy) is 1. The molecule has 1 aromatic rings. The lowest BCUT2D eigenvalue weighted by atomic mass is 10.0. The third-order valence-corrected chi connectivity index (χ3v) is 3.08. The fourth-order valence-electron chi connectivity index (χ4n) is 1.79. The van der Waals surface area contributed by atoms with Crippen LogP contribution in [0.5, 0.6) is 0 Å². The number of alkyl halides is 2. The van der Waals surface area contributed by atoms with Gasteiger partial charge in [-0.15, -0.1) is 0 Å². The lowest BCUT2D eigenvalue weighted by Gasteiger charge is -2.28. The highest BCUT2D eigenvalue weighted by molar-refractivity contribution is 5.67. The summed E-state index contributed by atoms with van der Waals surface area (Å²) in [5.41, 5.74) is 0.0196. The van der Waals surface area contributed by atoms with Crippen LogP contribution in [0.15, 0.2) is 24.3 Å². The molecule has 0 aliphatic carbocycles. The molecule has 6 heteroatoms. The van der Waals surface area contributed by atoms with Crippen LogP contribution in [0.3, 0.4) is 0 Å². The van der Waals surface area contributed by atoms with E-state index in [1.54, 1.807) is 32.9 Å². The molecule has 0 fully saturated rings. The third kappa shape index (κ3) is 7.93. The number of carbonyl (C=O) groups is 1. The summed E-state index contributed by atoms with van der Waals surface area (Å²) >= 11 is 0. The van der Waals surface area contributed by atoms with Gasteiger partial charge in [-0.3, -0.25) is 0 Å². The monoisotopic (exact) mass is 328 g/mol. The van der Waals surface area contributed by atoms with Crippen LogP contribution < -0.4 is 10.6 Å². The molecule has 0 saturated heterocycles. The third-order valence-electron chi connectivity index (χ3n) is 3.08. The average molecular weight is 328 g/mol. The normalized spacial score (nSPS) is 12.3. The first-order valence-corrected chi connectivity index (χ1v) is 7.57. The molecule has 0 unspecified atom stereocenters. The second kappa shape index (κ2) is 7.73. The first kappa shape index (κ1) is 19.4. The number of hydrogen-bond acceptors (Lipinski definition) is 3. The quantitative estimate of drug-likeness (QED) is 0.829. The molecule has 0 aliphatic rings. The average Bonchev–Trinajstić information content (AvgIpc) is 2.42. The van der Waals surface area contributed by atoms with Gasteiger partial charge in [-0.05, 0) is 40.2 Å². The Labute approximate surface area is 136 Å². The molecule has 0 aliphatic heterocycles. The molecule has 23 heavy (non-hydrogen) atoms. The van der Waals surface area contributed by atoms with Gasteiger partial charge in [-0.1, -0.05) is 24.3 Å². The molecule has 0 heterocycles. The van der Waals surface area contributed by atoms with E-state index in [-0.39, 0.29) is 11.1 Å². The summed E-state index contributed by atoms with van der Waals surface area (Å²) in [6, 6.07) is 6.19. The fraction of sp³-hybridized carbons (Fsp3) is 0.588. The minimum Gasteiger partial charge on any atom is -0.444 e. The molecular weight excluding hydrogens is 302 g/mol. The molecule has 1 aromatic carbocycles. The molecule has 0 aromatic heterocycles. The van der Waals surface area contributed by atoms with E-state index in [0.717, 1.165) is 5.56 Å². The largest absolute Gasteiger partial charge is 0.444 e. The number of benzene rings is 1. The summed E-state index contributed by atoms with van der Waals surface area (Å²) in [5.74, 6) is 0. The molecule has 0 radical (unpaired) electrons. The van der Waals surface area contributed by atoms with Gasteiger partial charge in [0.05, 0.1) is 0 Å². The van der Waals surface area contributed by atoms with Crippen molar-refractivity contribution < 1.29 is 18.3 Å². The minimum atomic E-state index is -2.45. The number of halogens is 2. The maximum Gasteiger partial charge on any atom is 0.407 e. The van der Waals surface area contributed by atoms with E-state index >= 15 is 0 Å². The van der Waals surface area contributed by atoms with Gasteiger partial charge in [0.2, 0.25) is 0 Å². The number of nitrogens with one attached hydrogen (secondary N) is 2. The SMILES string of the molecule is CC(C)(CNC(=O)OC(C)(C)C)NCc1ccc(C(F)F)cc1. The van der Waals surface area contributed by atoms with Crippen molar-refractivity contribution in [2.24, 2.45) is 0 Å². The Morgan fingerprint density at radius 2 is 1.70 bits per heavy atom. The summed E-state index contributed by atoms with van der Waals surface area (Å²) in [7, 11) is 0. The van der Waals surface area contributed by atoms with Crippen LogP contribution in [0, 0.1) is 0 Å². The van der Waals surface area contributed by atoms with E-state index in [9.17, 15) is 13.6 Å². The van der Waals surface area contributed by atoms with Gasteiger partial charge < -0.3 is 15.4 Å². The molecule has 0 atom stereocenters. The number of carbonyl (C=O) groups excluding carboxylic acids is 1. The summed E-state index contributed by atoms with van der Waals surface area (Å²) in [6.07, 6.45) is -2.92. The molecule has 0 spiro atoms. The zero-order chi connectivity index (χ0) is 17.7. The van der Waals surface area contributed by atoms with E-state index in [1.807, 2.05) is 13.8 Å². The van der Waals surface area contributed by atoms with Crippen LogP contribution in [0.2, 0.25) is 0 Å². The van der Waals surface area contributed by atoms with Gasteiger partial charge in [0.15, 0.2) is 0 Å². The van der Waals surface area contributed by atoms with Crippen molar-refractivity contribution in [3.05, 3.63) is 35.4 Å². The van der Waals surface area contributed by atoms with Gasteiger partial charge in [0.25, 0.3) is 6.43 Å². The maximum atomic E-state index is 12.5. The number of rotatable bonds is 6. The van der Waals surface area contributed by atoms with Crippen LogP contribution >= 0.6 is 0 Å². The van der Waals surface area contributed by atoms with Crippen molar-refractivity contribution in [2.45, 2.75) is 58.7 Å². The van der Waals surface area contributed by atoms with Crippen molar-refractivity contribution >= 4 is 6.09 Å². The van der Waals surface area contributed by atoms with Gasteiger partial charge in [0, 0.05) is 24.2 Å². The Bertz CT molecular complexity index is 508. The summed E-state index contributed by atoms with van der Waals surface area (Å²) in [4.78, 5) is 11.6. The molecule has 130 valence electrons. The highest BCUT2D eigenvalue weighted by Crippen LogP contribution is 2.18. The molecule has 0 saturated carbocycles. The highest BCUT2D eigenvalue weighted by atomic mass is 19.3. The zero-order valence-electron chi connectivity index (χ0n) is 14.4. The maximum absolute atomic E-state index is 12.5. The predicted octanol–water partition coefficient (Wildman–Crippen LogP) is 4.02. The first-order valence-electron chi connectivity index (χ1n) is 7.57. The van der Waals surface area contributed by atoms with Gasteiger partial charge in [-0.25, -0.2) is 13.6 Å². The van der Waals surface area contributed by atoms with Crippen molar-refractivity contribution in [3.8, 4) is 0 Å². The predicted molar refractivity (Wildman–Crippen MR) is 86.6 cm³/mol. The van der Waals surface area contributed by atoms with Crippen molar-refractivity contribution in [1.82, 2.24) is 10.6 Å². The Kier molecular flexibility index (Phi) is 6.50. The number of amides is 1. The first-order chi connectivity index (χ1) is 10.5. The Hall–Kier alpha value is -1.69. The van der Waals surface area contributed by atoms with Crippen LogP contribution in [-0.2, 0) is 11.3 Å². The highest BCUT2D eigenvalue weighted by Gasteiger charge is 2.21. The Morgan fingerprint density at radius 3 is 2.17 bits per heavy atom. The Morgan fingerprint density at radius 1 is 1.13 bits per heavy atom. The van der Waals surface area contributed by atoms with E-state index in [4.69, 9.17) is 4.74 Å². The Balaban J connectivity index is 2.44. The standard InChI is InChI=1S/C17H26F2N2O2/c1-16(2,3)23-15(22)20-11-17(4,5)21-10-12-6-8-13(9-7-12)14(18)19/h6-9,14,21H,10-11H2,1-5H3,(H,20,22). The van der Waals surface area contributed by atoms with E-state index in [2.05, 4.69) is 10.6 Å².